The summed E-state index contributed by atoms with van der Waals surface area (Å²) in [6.07, 6.45) is 1.01. The summed E-state index contributed by atoms with van der Waals surface area (Å²) in [5.74, 6) is 0. The zero-order valence-corrected chi connectivity index (χ0v) is 13.8. The summed E-state index contributed by atoms with van der Waals surface area (Å²) < 4.78 is 1.13. The molecule has 2 aromatic carbocycles. The van der Waals surface area contributed by atoms with Gasteiger partial charge in [0, 0.05) is 9.30 Å². The van der Waals surface area contributed by atoms with Gasteiger partial charge < -0.3 is 0 Å². The lowest BCUT2D eigenvalue weighted by atomic mass is 10.0. The Hall–Kier alpha value is -0.600. The fourth-order valence-corrected chi connectivity index (χ4v) is 3.04. The third kappa shape index (κ3) is 3.69. The average Bonchev–Trinajstić information content (AvgIpc) is 2.31. The van der Waals surface area contributed by atoms with Crippen molar-refractivity contribution in [3.8, 4) is 0 Å². The molecule has 0 aliphatic rings. The van der Waals surface area contributed by atoms with E-state index in [1.54, 1.807) is 0 Å². The van der Waals surface area contributed by atoms with E-state index in [-0.39, 0.29) is 0 Å². The average molecular weight is 368 g/mol. The normalized spacial score (nSPS) is 12.4. The van der Waals surface area contributed by atoms with Gasteiger partial charge in [-0.25, -0.2) is 0 Å². The molecule has 2 rings (SSSR count). The molecule has 0 aromatic heterocycles. The predicted molar refractivity (Wildman–Crippen MR) is 85.4 cm³/mol. The molecule has 0 heterocycles. The molecule has 1 atom stereocenters. The van der Waals surface area contributed by atoms with Crippen LogP contribution in [0.5, 0.6) is 0 Å². The number of aryl methyl sites for hydroxylation is 2. The van der Waals surface area contributed by atoms with Crippen LogP contribution < -0.4 is 0 Å². The van der Waals surface area contributed by atoms with Crippen molar-refractivity contribution in [2.45, 2.75) is 25.1 Å². The van der Waals surface area contributed by atoms with Crippen molar-refractivity contribution in [3.05, 3.63) is 69.2 Å². The van der Waals surface area contributed by atoms with Crippen molar-refractivity contribution in [2.75, 3.05) is 0 Å². The first-order valence-electron chi connectivity index (χ1n) is 6.01. The van der Waals surface area contributed by atoms with Gasteiger partial charge in [-0.3, -0.25) is 0 Å². The van der Waals surface area contributed by atoms with Crippen LogP contribution in [0, 0.1) is 13.8 Å². The van der Waals surface area contributed by atoms with Crippen molar-refractivity contribution < 1.29 is 0 Å². The second kappa shape index (κ2) is 6.03. The third-order valence-electron chi connectivity index (χ3n) is 2.93. The van der Waals surface area contributed by atoms with E-state index in [0.29, 0.717) is 4.83 Å². The molecule has 0 fully saturated rings. The topological polar surface area (TPSA) is 0 Å². The molecule has 0 saturated heterocycles. The minimum absolute atomic E-state index is 0.372. The van der Waals surface area contributed by atoms with Crippen LogP contribution in [0.1, 0.15) is 27.1 Å². The van der Waals surface area contributed by atoms with Crippen LogP contribution >= 0.6 is 31.9 Å². The van der Waals surface area contributed by atoms with Crippen molar-refractivity contribution in [1.82, 2.24) is 0 Å². The standard InChI is InChI=1S/C16H16Br2/c1-11-7-12(2)9-14(8-11)16(18)10-13-3-5-15(17)6-4-13/h3-9,16H,10H2,1-2H3. The van der Waals surface area contributed by atoms with Crippen LogP contribution in [0.15, 0.2) is 46.9 Å². The number of alkyl halides is 1. The molecule has 0 aliphatic carbocycles. The first kappa shape index (κ1) is 13.8. The number of rotatable bonds is 3. The molecular formula is C16H16Br2. The van der Waals surface area contributed by atoms with Crippen molar-refractivity contribution >= 4 is 31.9 Å². The van der Waals surface area contributed by atoms with E-state index in [0.717, 1.165) is 10.9 Å². The summed E-state index contributed by atoms with van der Waals surface area (Å²) in [6.45, 7) is 4.30. The van der Waals surface area contributed by atoms with Gasteiger partial charge in [-0.05, 0) is 43.5 Å². The quantitative estimate of drug-likeness (QED) is 0.606. The number of hydrogen-bond acceptors (Lipinski definition) is 0. The molecule has 1 unspecified atom stereocenters. The molecular weight excluding hydrogens is 352 g/mol. The minimum Gasteiger partial charge on any atom is -0.0835 e. The molecule has 0 saturated carbocycles. The fourth-order valence-electron chi connectivity index (χ4n) is 2.14. The molecule has 0 N–H and O–H groups in total. The minimum atomic E-state index is 0.372. The van der Waals surface area contributed by atoms with Crippen LogP contribution in [-0.2, 0) is 6.42 Å². The van der Waals surface area contributed by atoms with E-state index in [4.69, 9.17) is 0 Å². The van der Waals surface area contributed by atoms with Crippen LogP contribution in [0.3, 0.4) is 0 Å². The van der Waals surface area contributed by atoms with Gasteiger partial charge in [0.1, 0.15) is 0 Å². The Morgan fingerprint density at radius 1 is 0.944 bits per heavy atom. The first-order chi connectivity index (χ1) is 8.54. The summed E-state index contributed by atoms with van der Waals surface area (Å²) in [7, 11) is 0. The number of hydrogen-bond donors (Lipinski definition) is 0. The highest BCUT2D eigenvalue weighted by Crippen LogP contribution is 2.28. The summed E-state index contributed by atoms with van der Waals surface area (Å²) in [5, 5.41) is 0. The number of halogens is 2. The lowest BCUT2D eigenvalue weighted by molar-refractivity contribution is 0.944. The van der Waals surface area contributed by atoms with Crippen molar-refractivity contribution in [2.24, 2.45) is 0 Å². The molecule has 2 aromatic rings. The number of benzene rings is 2. The van der Waals surface area contributed by atoms with Gasteiger partial charge in [0.2, 0.25) is 0 Å². The lowest BCUT2D eigenvalue weighted by Gasteiger charge is -2.12. The molecule has 0 radical (unpaired) electrons. The molecule has 94 valence electrons. The predicted octanol–water partition coefficient (Wildman–Crippen LogP) is 5.74. The van der Waals surface area contributed by atoms with E-state index in [1.165, 1.54) is 22.3 Å². The van der Waals surface area contributed by atoms with Crippen LogP contribution in [0.2, 0.25) is 0 Å². The van der Waals surface area contributed by atoms with E-state index >= 15 is 0 Å². The van der Waals surface area contributed by atoms with Gasteiger partial charge in [-0.1, -0.05) is 73.3 Å². The molecule has 0 bridgehead atoms. The highest BCUT2D eigenvalue weighted by molar-refractivity contribution is 9.10. The van der Waals surface area contributed by atoms with Gasteiger partial charge >= 0.3 is 0 Å². The van der Waals surface area contributed by atoms with Gasteiger partial charge in [0.25, 0.3) is 0 Å². The lowest BCUT2D eigenvalue weighted by Crippen LogP contribution is -1.96. The highest BCUT2D eigenvalue weighted by Gasteiger charge is 2.09. The van der Waals surface area contributed by atoms with E-state index < -0.39 is 0 Å². The molecule has 0 amide bonds. The molecule has 0 nitrogen and oxygen atoms in total. The zero-order valence-electron chi connectivity index (χ0n) is 10.6. The Bertz CT molecular complexity index is 509. The van der Waals surface area contributed by atoms with Gasteiger partial charge in [0.05, 0.1) is 0 Å². The first-order valence-corrected chi connectivity index (χ1v) is 7.72. The Labute approximate surface area is 126 Å². The molecule has 18 heavy (non-hydrogen) atoms. The summed E-state index contributed by atoms with van der Waals surface area (Å²) in [5.41, 5.74) is 5.35. The summed E-state index contributed by atoms with van der Waals surface area (Å²) >= 11 is 7.26. The van der Waals surface area contributed by atoms with Crippen molar-refractivity contribution in [1.29, 1.82) is 0 Å². The van der Waals surface area contributed by atoms with Crippen LogP contribution in [-0.4, -0.2) is 0 Å². The third-order valence-corrected chi connectivity index (χ3v) is 4.31. The van der Waals surface area contributed by atoms with E-state index in [2.05, 4.69) is 88.2 Å². The van der Waals surface area contributed by atoms with E-state index in [9.17, 15) is 0 Å². The molecule has 0 aliphatic heterocycles. The Morgan fingerprint density at radius 2 is 1.50 bits per heavy atom. The Morgan fingerprint density at radius 3 is 2.06 bits per heavy atom. The van der Waals surface area contributed by atoms with E-state index in [1.807, 2.05) is 0 Å². The van der Waals surface area contributed by atoms with Gasteiger partial charge in [0.15, 0.2) is 0 Å². The summed E-state index contributed by atoms with van der Waals surface area (Å²) in [4.78, 5) is 0.372. The maximum absolute atomic E-state index is 3.80. The highest BCUT2D eigenvalue weighted by atomic mass is 79.9. The zero-order chi connectivity index (χ0) is 13.1. The SMILES string of the molecule is Cc1cc(C)cc(C(Br)Cc2ccc(Br)cc2)c1. The Balaban J connectivity index is 2.16. The molecule has 0 spiro atoms. The maximum atomic E-state index is 3.80. The second-order valence-corrected chi connectivity index (χ2v) is 6.74. The Kier molecular flexibility index (Phi) is 4.63. The molecule has 2 heteroatoms. The smallest absolute Gasteiger partial charge is 0.0435 e. The summed E-state index contributed by atoms with van der Waals surface area (Å²) in [6, 6.07) is 15.2. The van der Waals surface area contributed by atoms with Crippen LogP contribution in [0.4, 0.5) is 0 Å². The fraction of sp³-hybridized carbons (Fsp3) is 0.250. The van der Waals surface area contributed by atoms with Crippen LogP contribution in [0.25, 0.3) is 0 Å². The maximum Gasteiger partial charge on any atom is 0.0435 e. The largest absolute Gasteiger partial charge is 0.0835 e. The second-order valence-electron chi connectivity index (χ2n) is 4.72. The van der Waals surface area contributed by atoms with Crippen molar-refractivity contribution in [3.63, 3.8) is 0 Å². The van der Waals surface area contributed by atoms with Gasteiger partial charge in [-0.2, -0.15) is 0 Å². The monoisotopic (exact) mass is 366 g/mol. The van der Waals surface area contributed by atoms with Gasteiger partial charge in [-0.15, -0.1) is 0 Å².